The van der Waals surface area contributed by atoms with E-state index in [0.717, 1.165) is 35.1 Å². The molecule has 3 amide bonds. The number of nitrogens with zero attached hydrogens (tertiary/aromatic N) is 3. The minimum absolute atomic E-state index is 0.159. The van der Waals surface area contributed by atoms with Crippen molar-refractivity contribution >= 4 is 17.7 Å². The summed E-state index contributed by atoms with van der Waals surface area (Å²) in [7, 11) is 3.20. The lowest BCUT2D eigenvalue weighted by atomic mass is 9.90. The van der Waals surface area contributed by atoms with E-state index < -0.39 is 29.3 Å². The number of likely N-dealkylation sites (N-methyl/N-ethyl adjacent to an activating group) is 2. The molecule has 0 spiro atoms. The fraction of sp³-hybridized carbons (Fsp3) is 0.333. The van der Waals surface area contributed by atoms with Crippen molar-refractivity contribution < 1.29 is 18.8 Å². The van der Waals surface area contributed by atoms with E-state index >= 15 is 0 Å². The van der Waals surface area contributed by atoms with Crippen LogP contribution < -0.4 is 11.1 Å². The Balaban J connectivity index is 1.61. The Bertz CT molecular complexity index is 1730. The van der Waals surface area contributed by atoms with Gasteiger partial charge in [0.25, 0.3) is 0 Å². The van der Waals surface area contributed by atoms with Gasteiger partial charge in [-0.25, -0.2) is 4.39 Å². The van der Waals surface area contributed by atoms with E-state index in [0.29, 0.717) is 24.9 Å². The SMILES string of the molecule is CCC(N)(CC)CC=CC(=O)N(C)[C@H](Cc1ccc(-c2ccccc2)cc1)C(=O)N(C)[C@H](Cc1ccc(F)cc1)C(=O)NCCc1ccncc1. The summed E-state index contributed by atoms with van der Waals surface area (Å²) in [6.07, 6.45) is 9.68. The summed E-state index contributed by atoms with van der Waals surface area (Å²) in [5.41, 5.74) is 10.7. The zero-order valence-electron chi connectivity index (χ0n) is 30.1. The Hall–Kier alpha value is -5.15. The van der Waals surface area contributed by atoms with E-state index in [1.807, 2.05) is 80.6 Å². The summed E-state index contributed by atoms with van der Waals surface area (Å²) < 4.78 is 13.8. The average Bonchev–Trinajstić information content (AvgIpc) is 3.16. The van der Waals surface area contributed by atoms with Crippen molar-refractivity contribution in [2.75, 3.05) is 20.6 Å². The average molecular weight is 692 g/mol. The summed E-state index contributed by atoms with van der Waals surface area (Å²) in [6, 6.07) is 25.7. The van der Waals surface area contributed by atoms with Crippen LogP contribution in [0.4, 0.5) is 4.39 Å². The second-order valence-electron chi connectivity index (χ2n) is 13.1. The lowest BCUT2D eigenvalue weighted by Gasteiger charge is -2.34. The highest BCUT2D eigenvalue weighted by molar-refractivity contribution is 5.95. The van der Waals surface area contributed by atoms with Crippen molar-refractivity contribution in [2.45, 2.75) is 70.0 Å². The fourth-order valence-corrected chi connectivity index (χ4v) is 5.92. The van der Waals surface area contributed by atoms with E-state index in [2.05, 4.69) is 10.3 Å². The van der Waals surface area contributed by atoms with Gasteiger partial charge in [0, 0.05) is 51.4 Å². The molecule has 0 radical (unpaired) electrons. The van der Waals surface area contributed by atoms with Crippen molar-refractivity contribution in [3.63, 3.8) is 0 Å². The van der Waals surface area contributed by atoms with Gasteiger partial charge in [-0.1, -0.05) is 86.7 Å². The molecular weight excluding hydrogens is 641 g/mol. The van der Waals surface area contributed by atoms with Crippen LogP contribution in [0.5, 0.6) is 0 Å². The van der Waals surface area contributed by atoms with Gasteiger partial charge in [0.05, 0.1) is 0 Å². The first kappa shape index (κ1) is 38.6. The third-order valence-electron chi connectivity index (χ3n) is 9.71. The predicted octanol–water partition coefficient (Wildman–Crippen LogP) is 6.15. The van der Waals surface area contributed by atoms with Crippen LogP contribution in [0.3, 0.4) is 0 Å². The molecule has 1 aromatic heterocycles. The Morgan fingerprint density at radius 1 is 0.784 bits per heavy atom. The number of benzene rings is 3. The van der Waals surface area contributed by atoms with Gasteiger partial charge < -0.3 is 20.9 Å². The Kier molecular flexibility index (Phi) is 14.2. The van der Waals surface area contributed by atoms with E-state index in [1.165, 1.54) is 28.0 Å². The summed E-state index contributed by atoms with van der Waals surface area (Å²) in [5.74, 6) is -1.47. The van der Waals surface area contributed by atoms with Gasteiger partial charge in [0.15, 0.2) is 0 Å². The largest absolute Gasteiger partial charge is 0.354 e. The zero-order chi connectivity index (χ0) is 36.8. The summed E-state index contributed by atoms with van der Waals surface area (Å²) >= 11 is 0. The van der Waals surface area contributed by atoms with Gasteiger partial charge in [0.1, 0.15) is 17.9 Å². The molecular formula is C42H50FN5O3. The van der Waals surface area contributed by atoms with Crippen LogP contribution in [0.25, 0.3) is 11.1 Å². The highest BCUT2D eigenvalue weighted by Crippen LogP contribution is 2.22. The van der Waals surface area contributed by atoms with Gasteiger partial charge in [-0.3, -0.25) is 19.4 Å². The Morgan fingerprint density at radius 3 is 1.96 bits per heavy atom. The maximum Gasteiger partial charge on any atom is 0.246 e. The van der Waals surface area contributed by atoms with Gasteiger partial charge in [-0.2, -0.15) is 0 Å². The number of aromatic nitrogens is 1. The highest BCUT2D eigenvalue weighted by Gasteiger charge is 2.35. The number of nitrogens with one attached hydrogen (secondary N) is 1. The number of pyridine rings is 1. The van der Waals surface area contributed by atoms with Crippen LogP contribution in [0.1, 0.15) is 49.8 Å². The molecule has 268 valence electrons. The second kappa shape index (κ2) is 18.7. The first-order valence-corrected chi connectivity index (χ1v) is 17.6. The maximum atomic E-state index is 14.5. The van der Waals surface area contributed by atoms with E-state index in [1.54, 1.807) is 44.7 Å². The molecule has 1 heterocycles. The molecule has 0 aliphatic carbocycles. The second-order valence-corrected chi connectivity index (χ2v) is 13.1. The van der Waals surface area contributed by atoms with Crippen LogP contribution in [0.15, 0.2) is 116 Å². The van der Waals surface area contributed by atoms with E-state index in [4.69, 9.17) is 5.73 Å². The molecule has 9 heteroatoms. The molecule has 0 fully saturated rings. The number of nitrogens with two attached hydrogens (primary N) is 1. The summed E-state index contributed by atoms with van der Waals surface area (Å²) in [4.78, 5) is 48.9. The lowest BCUT2D eigenvalue weighted by molar-refractivity contribution is -0.146. The maximum absolute atomic E-state index is 14.5. The smallest absolute Gasteiger partial charge is 0.246 e. The lowest BCUT2D eigenvalue weighted by Crippen LogP contribution is -2.56. The molecule has 4 aromatic rings. The van der Waals surface area contributed by atoms with Crippen molar-refractivity contribution in [1.29, 1.82) is 0 Å². The molecule has 0 saturated heterocycles. The van der Waals surface area contributed by atoms with Crippen molar-refractivity contribution in [3.05, 3.63) is 138 Å². The molecule has 0 aliphatic rings. The first-order valence-electron chi connectivity index (χ1n) is 17.6. The highest BCUT2D eigenvalue weighted by atomic mass is 19.1. The third-order valence-corrected chi connectivity index (χ3v) is 9.71. The number of carbonyl (C=O) groups is 3. The number of hydrogen-bond acceptors (Lipinski definition) is 5. The van der Waals surface area contributed by atoms with Gasteiger partial charge >= 0.3 is 0 Å². The minimum atomic E-state index is -0.922. The van der Waals surface area contributed by atoms with Crippen molar-refractivity contribution in [1.82, 2.24) is 20.1 Å². The molecule has 0 saturated carbocycles. The standard InChI is InChI=1S/C42H50FN5O3/c1-5-42(44,6-2)25-10-13-39(49)47(3)38(30-32-14-18-35(19-15-32)34-11-8-7-9-12-34)41(51)48(4)37(29-33-16-20-36(43)21-17-33)40(50)46-28-24-31-22-26-45-27-23-31/h7-23,26-27,37-38H,5-6,24-25,28-30,44H2,1-4H3,(H,46,50)/t37-,38-/m1/s1. The van der Waals surface area contributed by atoms with Crippen molar-refractivity contribution in [2.24, 2.45) is 5.73 Å². The van der Waals surface area contributed by atoms with Gasteiger partial charge in [-0.05, 0) is 83.8 Å². The third kappa shape index (κ3) is 11.2. The van der Waals surface area contributed by atoms with Gasteiger partial charge in [-0.15, -0.1) is 0 Å². The molecule has 3 N–H and O–H groups in total. The van der Waals surface area contributed by atoms with E-state index in [-0.39, 0.29) is 24.7 Å². The van der Waals surface area contributed by atoms with Gasteiger partial charge in [0.2, 0.25) is 17.7 Å². The molecule has 0 bridgehead atoms. The molecule has 8 nitrogen and oxygen atoms in total. The van der Waals surface area contributed by atoms with Crippen LogP contribution >= 0.6 is 0 Å². The monoisotopic (exact) mass is 691 g/mol. The first-order chi connectivity index (χ1) is 24.5. The van der Waals surface area contributed by atoms with Crippen molar-refractivity contribution in [3.8, 4) is 11.1 Å². The normalized spacial score (nSPS) is 12.7. The number of hydrogen-bond donors (Lipinski definition) is 2. The quantitative estimate of drug-likeness (QED) is 0.129. The van der Waals surface area contributed by atoms with Crippen LogP contribution in [0, 0.1) is 5.82 Å². The molecule has 0 unspecified atom stereocenters. The number of rotatable bonds is 17. The Labute approximate surface area is 301 Å². The number of halogens is 1. The number of carbonyl (C=O) groups excluding carboxylic acids is 3. The zero-order valence-corrected chi connectivity index (χ0v) is 30.1. The topological polar surface area (TPSA) is 109 Å². The molecule has 4 rings (SSSR count). The minimum Gasteiger partial charge on any atom is -0.354 e. The molecule has 51 heavy (non-hydrogen) atoms. The summed E-state index contributed by atoms with van der Waals surface area (Å²) in [6.45, 7) is 4.40. The molecule has 0 aliphatic heterocycles. The fourth-order valence-electron chi connectivity index (χ4n) is 5.92. The molecule has 3 aromatic carbocycles. The Morgan fingerprint density at radius 2 is 1.35 bits per heavy atom. The molecule has 2 atom stereocenters. The number of amides is 3. The van der Waals surface area contributed by atoms with E-state index in [9.17, 15) is 18.8 Å². The summed E-state index contributed by atoms with van der Waals surface area (Å²) in [5, 5.41) is 2.98. The van der Waals surface area contributed by atoms with Crippen LogP contribution in [-0.2, 0) is 33.6 Å². The predicted molar refractivity (Wildman–Crippen MR) is 201 cm³/mol. The van der Waals surface area contributed by atoms with Crippen LogP contribution in [-0.4, -0.2) is 70.8 Å². The van der Waals surface area contributed by atoms with Crippen LogP contribution in [0.2, 0.25) is 0 Å².